The molecule has 1 aliphatic carbocycles. The largest absolute Gasteiger partial charge is 0.370 e. The summed E-state index contributed by atoms with van der Waals surface area (Å²) in [6.45, 7) is 4.69. The van der Waals surface area contributed by atoms with Crippen LogP contribution >= 0.6 is 15.9 Å². The highest BCUT2D eigenvalue weighted by Gasteiger charge is 2.34. The molecule has 3 rings (SSSR count). The summed E-state index contributed by atoms with van der Waals surface area (Å²) in [6, 6.07) is 6.73. The first-order valence-electron chi connectivity index (χ1n) is 6.75. The number of benzene rings is 1. The zero-order valence-corrected chi connectivity index (χ0v) is 12.0. The Balaban J connectivity index is 1.81. The molecule has 1 saturated heterocycles. The van der Waals surface area contributed by atoms with Gasteiger partial charge < -0.3 is 4.90 Å². The van der Waals surface area contributed by atoms with Gasteiger partial charge in [0.25, 0.3) is 0 Å². The highest BCUT2D eigenvalue weighted by Crippen LogP contribution is 2.40. The molecule has 1 heterocycles. The molecule has 1 aromatic carbocycles. The second-order valence-corrected chi connectivity index (χ2v) is 6.52. The minimum atomic E-state index is 0.956. The molecule has 2 aliphatic rings. The van der Waals surface area contributed by atoms with Gasteiger partial charge in [-0.1, -0.05) is 18.9 Å². The standard InChI is InChI=1S/C15H20BrN/c1-11-6-7-15(14(16)8-11)17-9-12-4-2-3-5-13(12)10-17/h6-8,12-13H,2-5,9-10H2,1H3. The van der Waals surface area contributed by atoms with Crippen LogP contribution in [0.5, 0.6) is 0 Å². The second kappa shape index (κ2) is 4.64. The first-order chi connectivity index (χ1) is 8.24. The second-order valence-electron chi connectivity index (χ2n) is 5.66. The third kappa shape index (κ3) is 2.24. The number of hydrogen-bond donors (Lipinski definition) is 0. The zero-order chi connectivity index (χ0) is 11.8. The van der Waals surface area contributed by atoms with Crippen LogP contribution in [0.15, 0.2) is 22.7 Å². The molecular formula is C15H20BrN. The number of anilines is 1. The Bertz CT molecular complexity index is 401. The average Bonchev–Trinajstić information content (AvgIpc) is 2.72. The Morgan fingerprint density at radius 2 is 1.76 bits per heavy atom. The Morgan fingerprint density at radius 1 is 1.12 bits per heavy atom. The maximum Gasteiger partial charge on any atom is 0.0511 e. The van der Waals surface area contributed by atoms with Gasteiger partial charge in [0, 0.05) is 17.6 Å². The van der Waals surface area contributed by atoms with E-state index in [0.717, 1.165) is 11.8 Å². The highest BCUT2D eigenvalue weighted by molar-refractivity contribution is 9.10. The molecule has 0 radical (unpaired) electrons. The van der Waals surface area contributed by atoms with Gasteiger partial charge in [-0.05, 0) is 65.2 Å². The minimum Gasteiger partial charge on any atom is -0.370 e. The summed E-state index contributed by atoms with van der Waals surface area (Å²) in [5, 5.41) is 0. The van der Waals surface area contributed by atoms with E-state index in [1.54, 1.807) is 0 Å². The Hall–Kier alpha value is -0.500. The minimum absolute atomic E-state index is 0.956. The Kier molecular flexibility index (Phi) is 3.16. The molecule has 92 valence electrons. The van der Waals surface area contributed by atoms with E-state index >= 15 is 0 Å². The normalized spacial score (nSPS) is 28.2. The van der Waals surface area contributed by atoms with E-state index < -0.39 is 0 Å². The molecule has 2 heteroatoms. The van der Waals surface area contributed by atoms with Crippen LogP contribution in [0.25, 0.3) is 0 Å². The lowest BCUT2D eigenvalue weighted by Crippen LogP contribution is -2.20. The fraction of sp³-hybridized carbons (Fsp3) is 0.600. The lowest BCUT2D eigenvalue weighted by atomic mass is 9.82. The lowest BCUT2D eigenvalue weighted by Gasteiger charge is -2.22. The number of fused-ring (bicyclic) bond motifs is 1. The summed E-state index contributed by atoms with van der Waals surface area (Å²) >= 11 is 3.71. The van der Waals surface area contributed by atoms with Crippen molar-refractivity contribution in [2.45, 2.75) is 32.6 Å². The number of aryl methyl sites for hydroxylation is 1. The fourth-order valence-electron chi connectivity index (χ4n) is 3.47. The Labute approximate surface area is 112 Å². The lowest BCUT2D eigenvalue weighted by molar-refractivity contribution is 0.299. The summed E-state index contributed by atoms with van der Waals surface area (Å²) in [7, 11) is 0. The molecule has 1 saturated carbocycles. The molecule has 2 fully saturated rings. The first kappa shape index (κ1) is 11.6. The fourth-order valence-corrected chi connectivity index (χ4v) is 4.21. The van der Waals surface area contributed by atoms with Gasteiger partial charge in [0.2, 0.25) is 0 Å². The smallest absolute Gasteiger partial charge is 0.0511 e. The molecule has 0 amide bonds. The quantitative estimate of drug-likeness (QED) is 0.742. The molecule has 0 N–H and O–H groups in total. The van der Waals surface area contributed by atoms with Crippen LogP contribution in [-0.2, 0) is 0 Å². The van der Waals surface area contributed by atoms with E-state index in [2.05, 4.69) is 46.0 Å². The van der Waals surface area contributed by atoms with Crippen molar-refractivity contribution < 1.29 is 0 Å². The van der Waals surface area contributed by atoms with Gasteiger partial charge in [0.15, 0.2) is 0 Å². The predicted octanol–water partition coefficient (Wildman–Crippen LogP) is 4.38. The summed E-state index contributed by atoms with van der Waals surface area (Å²) < 4.78 is 1.26. The van der Waals surface area contributed by atoms with Crippen LogP contribution in [0.2, 0.25) is 0 Å². The molecular weight excluding hydrogens is 274 g/mol. The molecule has 0 spiro atoms. The summed E-state index contributed by atoms with van der Waals surface area (Å²) in [5.74, 6) is 1.91. The van der Waals surface area contributed by atoms with Crippen molar-refractivity contribution in [2.24, 2.45) is 11.8 Å². The monoisotopic (exact) mass is 293 g/mol. The number of nitrogens with zero attached hydrogens (tertiary/aromatic N) is 1. The van der Waals surface area contributed by atoms with Crippen molar-refractivity contribution in [3.8, 4) is 0 Å². The van der Waals surface area contributed by atoms with Crippen molar-refractivity contribution in [1.82, 2.24) is 0 Å². The number of rotatable bonds is 1. The molecule has 2 atom stereocenters. The van der Waals surface area contributed by atoms with Gasteiger partial charge in [-0.3, -0.25) is 0 Å². The van der Waals surface area contributed by atoms with Gasteiger partial charge >= 0.3 is 0 Å². The molecule has 0 bridgehead atoms. The van der Waals surface area contributed by atoms with E-state index in [1.165, 1.54) is 54.5 Å². The number of halogens is 1. The van der Waals surface area contributed by atoms with E-state index in [1.807, 2.05) is 0 Å². The molecule has 1 nitrogen and oxygen atoms in total. The zero-order valence-electron chi connectivity index (χ0n) is 10.5. The molecule has 1 aliphatic heterocycles. The van der Waals surface area contributed by atoms with Crippen molar-refractivity contribution in [1.29, 1.82) is 0 Å². The third-order valence-electron chi connectivity index (χ3n) is 4.42. The third-order valence-corrected chi connectivity index (χ3v) is 5.06. The molecule has 1 aromatic rings. The predicted molar refractivity (Wildman–Crippen MR) is 76.5 cm³/mol. The van der Waals surface area contributed by atoms with E-state index in [9.17, 15) is 0 Å². The topological polar surface area (TPSA) is 3.24 Å². The summed E-state index contributed by atoms with van der Waals surface area (Å²) in [6.07, 6.45) is 5.80. The molecule has 0 aromatic heterocycles. The van der Waals surface area contributed by atoms with E-state index in [0.29, 0.717) is 0 Å². The van der Waals surface area contributed by atoms with Crippen LogP contribution in [-0.4, -0.2) is 13.1 Å². The summed E-state index contributed by atoms with van der Waals surface area (Å²) in [4.78, 5) is 2.59. The van der Waals surface area contributed by atoms with Gasteiger partial charge in [0.1, 0.15) is 0 Å². The van der Waals surface area contributed by atoms with Gasteiger partial charge in [-0.25, -0.2) is 0 Å². The average molecular weight is 294 g/mol. The molecule has 17 heavy (non-hydrogen) atoms. The van der Waals surface area contributed by atoms with Crippen LogP contribution in [0, 0.1) is 18.8 Å². The SMILES string of the molecule is Cc1ccc(N2CC3CCCCC3C2)c(Br)c1. The van der Waals surface area contributed by atoms with Gasteiger partial charge in [-0.15, -0.1) is 0 Å². The molecule has 2 unspecified atom stereocenters. The number of hydrogen-bond acceptors (Lipinski definition) is 1. The van der Waals surface area contributed by atoms with Gasteiger partial charge in [-0.2, -0.15) is 0 Å². The van der Waals surface area contributed by atoms with Gasteiger partial charge in [0.05, 0.1) is 5.69 Å². The highest BCUT2D eigenvalue weighted by atomic mass is 79.9. The van der Waals surface area contributed by atoms with Crippen molar-refractivity contribution in [3.05, 3.63) is 28.2 Å². The van der Waals surface area contributed by atoms with Crippen molar-refractivity contribution in [3.63, 3.8) is 0 Å². The Morgan fingerprint density at radius 3 is 2.35 bits per heavy atom. The van der Waals surface area contributed by atoms with Crippen LogP contribution in [0.3, 0.4) is 0 Å². The van der Waals surface area contributed by atoms with Crippen LogP contribution in [0.4, 0.5) is 5.69 Å². The van der Waals surface area contributed by atoms with E-state index in [-0.39, 0.29) is 0 Å². The summed E-state index contributed by atoms with van der Waals surface area (Å²) in [5.41, 5.74) is 2.72. The van der Waals surface area contributed by atoms with E-state index in [4.69, 9.17) is 0 Å². The first-order valence-corrected chi connectivity index (χ1v) is 7.54. The van der Waals surface area contributed by atoms with Crippen molar-refractivity contribution in [2.75, 3.05) is 18.0 Å². The van der Waals surface area contributed by atoms with Crippen molar-refractivity contribution >= 4 is 21.6 Å². The maximum atomic E-state index is 3.71. The maximum absolute atomic E-state index is 3.71. The van der Waals surface area contributed by atoms with Crippen LogP contribution < -0.4 is 4.90 Å². The van der Waals surface area contributed by atoms with Crippen LogP contribution in [0.1, 0.15) is 31.2 Å².